The Labute approximate surface area is 340 Å². The molecule has 5 heterocycles. The summed E-state index contributed by atoms with van der Waals surface area (Å²) < 4.78 is 18.6. The van der Waals surface area contributed by atoms with Crippen molar-refractivity contribution < 1.29 is 24.2 Å². The predicted molar refractivity (Wildman–Crippen MR) is 226 cm³/mol. The number of anilines is 1. The van der Waals surface area contributed by atoms with Crippen LogP contribution in [0.25, 0.3) is 32.9 Å². The van der Waals surface area contributed by atoms with Crippen molar-refractivity contribution in [3.8, 4) is 22.6 Å². The lowest BCUT2D eigenvalue weighted by molar-refractivity contribution is 0.0686. The Kier molecular flexibility index (Phi) is 8.75. The molecule has 0 radical (unpaired) electrons. The minimum Gasteiger partial charge on any atom is -0.494 e. The van der Waals surface area contributed by atoms with E-state index >= 15 is 4.79 Å². The number of aromatic nitrogens is 3. The Hall–Kier alpha value is -5.64. The van der Waals surface area contributed by atoms with Gasteiger partial charge in [0.2, 0.25) is 0 Å². The zero-order valence-corrected chi connectivity index (χ0v) is 34.2. The maximum absolute atomic E-state index is 15.5. The Morgan fingerprint density at radius 3 is 2.33 bits per heavy atom. The first-order chi connectivity index (χ1) is 27.3. The highest BCUT2D eigenvalue weighted by Crippen LogP contribution is 2.54. The van der Waals surface area contributed by atoms with E-state index in [1.165, 1.54) is 0 Å². The summed E-state index contributed by atoms with van der Waals surface area (Å²) in [6, 6.07) is 23.1. The van der Waals surface area contributed by atoms with Crippen molar-refractivity contribution in [1.82, 2.24) is 13.7 Å². The summed E-state index contributed by atoms with van der Waals surface area (Å²) >= 11 is 13.5. The van der Waals surface area contributed by atoms with Crippen LogP contribution in [0.2, 0.25) is 10.0 Å². The Bertz CT molecular complexity index is 2810. The third kappa shape index (κ3) is 5.65. The fourth-order valence-corrected chi connectivity index (χ4v) is 9.48. The first-order valence-electron chi connectivity index (χ1n) is 19.1. The molecule has 7 aromatic rings. The molecule has 2 aliphatic rings. The topological polar surface area (TPSA) is 90.9 Å². The van der Waals surface area contributed by atoms with Gasteiger partial charge in [-0.1, -0.05) is 59.6 Å². The van der Waals surface area contributed by atoms with Gasteiger partial charge in [-0.3, -0.25) is 4.79 Å². The summed E-state index contributed by atoms with van der Waals surface area (Å²) in [5.74, 6) is 0.0535. The summed E-state index contributed by atoms with van der Waals surface area (Å²) in [6.45, 7) is 9.27. The van der Waals surface area contributed by atoms with Crippen LogP contribution < -0.4 is 14.4 Å². The number of amides is 1. The number of halogens is 2. The van der Waals surface area contributed by atoms with Gasteiger partial charge in [0, 0.05) is 70.6 Å². The molecule has 3 aromatic heterocycles. The van der Waals surface area contributed by atoms with E-state index < -0.39 is 11.5 Å². The van der Waals surface area contributed by atoms with E-state index in [4.69, 9.17) is 32.7 Å². The molecule has 0 unspecified atom stereocenters. The number of hydrogen-bond donors (Lipinski definition) is 1. The van der Waals surface area contributed by atoms with Crippen molar-refractivity contribution in [2.24, 2.45) is 14.1 Å². The third-order valence-corrected chi connectivity index (χ3v) is 12.9. The molecule has 9 rings (SSSR count). The molecule has 1 amide bonds. The van der Waals surface area contributed by atoms with Crippen LogP contribution in [-0.2, 0) is 32.7 Å². The number of aromatic carboxylic acids is 1. The molecule has 11 heteroatoms. The first kappa shape index (κ1) is 37.0. The number of aryl methyl sites for hydroxylation is 5. The first-order valence-corrected chi connectivity index (χ1v) is 19.8. The standard InChI is InChI=1S/C46H42Cl2N4O5/c1-25-17-29(18-26(2)41(25)48)56-16-10-13-31-32-14-15-35(47)40-39-27(3)49(5)22-34(39)46(4)24-51(44(53)43(31)52(46)42(32)40)37-20-30(57-23-28-11-8-7-9-12-28)19-36-33(37)21-38(45(54)55)50(36)6/h7-9,11-12,14-15,17-22H,10,13,16,23-24H2,1-6H3,(H,54,55)/t46-/m1/s1. The quantitative estimate of drug-likeness (QED) is 0.139. The third-order valence-electron chi connectivity index (χ3n) is 12.0. The number of carbonyl (C=O) groups excluding carboxylic acids is 1. The molecular weight excluding hydrogens is 759 g/mol. The van der Waals surface area contributed by atoms with Crippen LogP contribution in [0.4, 0.5) is 5.69 Å². The van der Waals surface area contributed by atoms with Crippen LogP contribution in [0, 0.1) is 20.8 Å². The van der Waals surface area contributed by atoms with Gasteiger partial charge in [-0.15, -0.1) is 0 Å². The number of carbonyl (C=O) groups is 2. The normalized spacial score (nSPS) is 15.8. The summed E-state index contributed by atoms with van der Waals surface area (Å²) in [5, 5.41) is 13.2. The van der Waals surface area contributed by atoms with Gasteiger partial charge in [0.15, 0.2) is 0 Å². The van der Waals surface area contributed by atoms with Crippen LogP contribution in [0.15, 0.2) is 79.0 Å². The number of hydrogen-bond acceptors (Lipinski definition) is 4. The molecule has 1 N–H and O–H groups in total. The van der Waals surface area contributed by atoms with Gasteiger partial charge in [-0.05, 0) is 87.1 Å². The molecule has 9 nitrogen and oxygen atoms in total. The molecule has 57 heavy (non-hydrogen) atoms. The average molecular weight is 802 g/mol. The minimum absolute atomic E-state index is 0.112. The molecule has 290 valence electrons. The Morgan fingerprint density at radius 2 is 1.61 bits per heavy atom. The molecule has 0 spiro atoms. The smallest absolute Gasteiger partial charge is 0.352 e. The van der Waals surface area contributed by atoms with E-state index in [1.807, 2.05) is 92.5 Å². The second-order valence-corrected chi connectivity index (χ2v) is 16.4. The molecule has 0 saturated carbocycles. The number of fused-ring (bicyclic) bond motifs is 4. The fourth-order valence-electron chi connectivity index (χ4n) is 9.12. The number of ether oxygens (including phenoxy) is 2. The van der Waals surface area contributed by atoms with Crippen LogP contribution in [0.3, 0.4) is 0 Å². The molecular formula is C46H42Cl2N4O5. The number of rotatable bonds is 10. The van der Waals surface area contributed by atoms with Crippen molar-refractivity contribution in [2.45, 2.75) is 52.7 Å². The Balaban J connectivity index is 1.21. The van der Waals surface area contributed by atoms with Gasteiger partial charge in [0.25, 0.3) is 5.91 Å². The van der Waals surface area contributed by atoms with E-state index in [0.717, 1.165) is 66.3 Å². The largest absolute Gasteiger partial charge is 0.494 e. The SMILES string of the molecule is Cc1cc(OCCCc2c3n4c5c(c(Cl)ccc25)-c2c(cn(C)c2C)[C@@]4(C)CN(c2cc(OCc4ccccc4)cc4c2cc(C(=O)O)n4C)C3=O)cc(C)c1Cl. The number of carboxylic acid groups (broad SMARTS) is 1. The summed E-state index contributed by atoms with van der Waals surface area (Å²) in [7, 11) is 3.77. The monoisotopic (exact) mass is 800 g/mol. The van der Waals surface area contributed by atoms with Gasteiger partial charge in [-0.25, -0.2) is 4.79 Å². The molecule has 0 bridgehead atoms. The van der Waals surface area contributed by atoms with Crippen molar-refractivity contribution in [2.75, 3.05) is 18.1 Å². The van der Waals surface area contributed by atoms with Gasteiger partial charge < -0.3 is 33.2 Å². The Morgan fingerprint density at radius 1 is 0.895 bits per heavy atom. The maximum atomic E-state index is 15.5. The molecule has 2 aliphatic heterocycles. The number of nitrogens with zero attached hydrogens (tertiary/aromatic N) is 4. The highest BCUT2D eigenvalue weighted by Gasteiger charge is 2.50. The summed E-state index contributed by atoms with van der Waals surface area (Å²) in [5.41, 5.74) is 10.1. The van der Waals surface area contributed by atoms with Gasteiger partial charge in [0.1, 0.15) is 29.5 Å². The van der Waals surface area contributed by atoms with Crippen molar-refractivity contribution in [3.05, 3.63) is 134 Å². The lowest BCUT2D eigenvalue weighted by Crippen LogP contribution is -2.54. The number of benzene rings is 4. The second kappa shape index (κ2) is 13.5. The lowest BCUT2D eigenvalue weighted by atomic mass is 9.81. The average Bonchev–Trinajstić information content (AvgIpc) is 3.82. The van der Waals surface area contributed by atoms with Crippen LogP contribution in [-0.4, -0.2) is 43.8 Å². The van der Waals surface area contributed by atoms with Crippen LogP contribution in [0.5, 0.6) is 11.5 Å². The zero-order chi connectivity index (χ0) is 40.1. The van der Waals surface area contributed by atoms with E-state index in [1.54, 1.807) is 17.7 Å². The van der Waals surface area contributed by atoms with Gasteiger partial charge in [-0.2, -0.15) is 0 Å². The second-order valence-electron chi connectivity index (χ2n) is 15.6. The van der Waals surface area contributed by atoms with E-state index in [-0.39, 0.29) is 18.1 Å². The van der Waals surface area contributed by atoms with Crippen molar-refractivity contribution in [3.63, 3.8) is 0 Å². The van der Waals surface area contributed by atoms with Gasteiger partial charge in [0.05, 0.1) is 40.4 Å². The molecule has 0 saturated heterocycles. The van der Waals surface area contributed by atoms with Gasteiger partial charge >= 0.3 is 5.97 Å². The highest BCUT2D eigenvalue weighted by atomic mass is 35.5. The lowest BCUT2D eigenvalue weighted by Gasteiger charge is -2.45. The summed E-state index contributed by atoms with van der Waals surface area (Å²) in [4.78, 5) is 29.8. The molecule has 0 aliphatic carbocycles. The number of carboxylic acids is 1. The van der Waals surface area contributed by atoms with E-state index in [9.17, 15) is 9.90 Å². The van der Waals surface area contributed by atoms with Crippen LogP contribution in [0.1, 0.15) is 67.8 Å². The zero-order valence-electron chi connectivity index (χ0n) is 32.7. The highest BCUT2D eigenvalue weighted by molar-refractivity contribution is 6.35. The molecule has 0 fully saturated rings. The van der Waals surface area contributed by atoms with Crippen molar-refractivity contribution in [1.29, 1.82) is 0 Å². The summed E-state index contributed by atoms with van der Waals surface area (Å²) in [6.07, 6.45) is 3.38. The maximum Gasteiger partial charge on any atom is 0.352 e. The predicted octanol–water partition coefficient (Wildman–Crippen LogP) is 10.4. The fraction of sp³-hybridized carbons (Fsp3) is 0.261. The molecule has 1 atom stereocenters. The van der Waals surface area contributed by atoms with Crippen molar-refractivity contribution >= 4 is 62.6 Å². The van der Waals surface area contributed by atoms with Crippen LogP contribution >= 0.6 is 23.2 Å². The van der Waals surface area contributed by atoms with E-state index in [2.05, 4.69) is 29.2 Å². The molecule has 4 aromatic carbocycles. The minimum atomic E-state index is -1.06. The van der Waals surface area contributed by atoms with E-state index in [0.29, 0.717) is 59.1 Å².